The molecule has 1 aliphatic carbocycles. The lowest BCUT2D eigenvalue weighted by atomic mass is 9.97. The lowest BCUT2D eigenvalue weighted by Gasteiger charge is -2.16. The summed E-state index contributed by atoms with van der Waals surface area (Å²) in [7, 11) is 0. The molecule has 0 spiro atoms. The zero-order valence-electron chi connectivity index (χ0n) is 13.4. The van der Waals surface area contributed by atoms with Crippen molar-refractivity contribution in [1.29, 1.82) is 0 Å². The van der Waals surface area contributed by atoms with Gasteiger partial charge in [-0.05, 0) is 44.2 Å². The van der Waals surface area contributed by atoms with Crippen LogP contribution < -0.4 is 10.6 Å². The number of aromatic amines is 1. The van der Waals surface area contributed by atoms with E-state index >= 15 is 0 Å². The van der Waals surface area contributed by atoms with Crippen LogP contribution >= 0.6 is 11.3 Å². The Bertz CT molecular complexity index is 863. The largest absolute Gasteiger partial charge is 0.365 e. The number of hydrogen-bond donors (Lipinski definition) is 3. The first-order chi connectivity index (χ1) is 11.9. The van der Waals surface area contributed by atoms with Crippen LogP contribution in [-0.4, -0.2) is 39.3 Å². The van der Waals surface area contributed by atoms with Crippen molar-refractivity contribution >= 4 is 27.4 Å². The summed E-state index contributed by atoms with van der Waals surface area (Å²) in [5, 5.41) is 15.3. The maximum atomic E-state index is 4.88. The molecule has 1 atom stereocenters. The van der Waals surface area contributed by atoms with Gasteiger partial charge < -0.3 is 10.6 Å². The second-order valence-electron chi connectivity index (χ2n) is 6.61. The molecule has 124 valence electrons. The Morgan fingerprint density at radius 2 is 2.17 bits per heavy atom. The topological polar surface area (TPSA) is 78.5 Å². The summed E-state index contributed by atoms with van der Waals surface area (Å²) in [5.41, 5.74) is 2.42. The second kappa shape index (κ2) is 5.82. The second-order valence-corrected chi connectivity index (χ2v) is 7.69. The maximum absolute atomic E-state index is 4.88. The highest BCUT2D eigenvalue weighted by molar-refractivity contribution is 7.19. The Balaban J connectivity index is 1.67. The smallest absolute Gasteiger partial charge is 0.166 e. The molecule has 0 amide bonds. The van der Waals surface area contributed by atoms with Crippen LogP contribution in [0.15, 0.2) is 12.4 Å². The van der Waals surface area contributed by atoms with Crippen molar-refractivity contribution in [2.24, 2.45) is 0 Å². The van der Waals surface area contributed by atoms with Gasteiger partial charge in [0, 0.05) is 23.7 Å². The Morgan fingerprint density at radius 1 is 1.21 bits per heavy atom. The van der Waals surface area contributed by atoms with Crippen molar-refractivity contribution in [1.82, 2.24) is 25.5 Å². The summed E-state index contributed by atoms with van der Waals surface area (Å²) in [4.78, 5) is 12.3. The lowest BCUT2D eigenvalue weighted by Crippen LogP contribution is -2.23. The average molecular weight is 340 g/mol. The Hall–Kier alpha value is -1.99. The molecule has 1 unspecified atom stereocenters. The number of anilines is 1. The van der Waals surface area contributed by atoms with E-state index in [1.807, 2.05) is 17.5 Å². The Labute approximate surface area is 144 Å². The number of hydrogen-bond acceptors (Lipinski definition) is 6. The standard InChI is InChI=1S/C17H20N6S/c1-2-4-13-12(3-1)14-16(21-11-5-6-18-9-11)22-15(23-17(14)24-13)10-7-19-20-8-10/h7-8,11,18H,1-6,9H2,(H,19,20)(H,21,22,23). The molecule has 3 aromatic heterocycles. The van der Waals surface area contributed by atoms with Crippen molar-refractivity contribution < 1.29 is 0 Å². The molecule has 5 rings (SSSR count). The fourth-order valence-electron chi connectivity index (χ4n) is 3.74. The molecular formula is C17H20N6S. The van der Waals surface area contributed by atoms with Gasteiger partial charge in [-0.1, -0.05) is 0 Å². The molecule has 3 N–H and O–H groups in total. The van der Waals surface area contributed by atoms with Crippen LogP contribution in [0.5, 0.6) is 0 Å². The zero-order valence-corrected chi connectivity index (χ0v) is 14.2. The predicted octanol–water partition coefficient (Wildman–Crippen LogP) is 2.73. The van der Waals surface area contributed by atoms with Crippen LogP contribution in [0.2, 0.25) is 0 Å². The number of fused-ring (bicyclic) bond motifs is 3. The summed E-state index contributed by atoms with van der Waals surface area (Å²) >= 11 is 1.85. The van der Waals surface area contributed by atoms with Gasteiger partial charge in [-0.25, -0.2) is 9.97 Å². The molecular weight excluding hydrogens is 320 g/mol. The van der Waals surface area contributed by atoms with E-state index in [1.165, 1.54) is 35.1 Å². The van der Waals surface area contributed by atoms with Gasteiger partial charge in [0.2, 0.25) is 0 Å². The van der Waals surface area contributed by atoms with E-state index in [1.54, 1.807) is 6.20 Å². The Kier molecular flexibility index (Phi) is 3.48. The van der Waals surface area contributed by atoms with Gasteiger partial charge in [0.1, 0.15) is 10.6 Å². The molecule has 1 aliphatic heterocycles. The molecule has 7 heteroatoms. The first-order valence-corrected chi connectivity index (χ1v) is 9.49. The van der Waals surface area contributed by atoms with E-state index in [2.05, 4.69) is 20.8 Å². The fourth-order valence-corrected chi connectivity index (χ4v) is 5.00. The van der Waals surface area contributed by atoms with E-state index in [0.29, 0.717) is 6.04 Å². The third-order valence-electron chi connectivity index (χ3n) is 4.97. The number of H-pyrrole nitrogens is 1. The van der Waals surface area contributed by atoms with Crippen LogP contribution in [0, 0.1) is 0 Å². The van der Waals surface area contributed by atoms with Crippen molar-refractivity contribution in [3.8, 4) is 11.4 Å². The summed E-state index contributed by atoms with van der Waals surface area (Å²) in [6, 6.07) is 0.444. The summed E-state index contributed by atoms with van der Waals surface area (Å²) in [6.45, 7) is 2.07. The number of rotatable bonds is 3. The van der Waals surface area contributed by atoms with E-state index < -0.39 is 0 Å². The van der Waals surface area contributed by atoms with E-state index in [9.17, 15) is 0 Å². The normalized spacial score (nSPS) is 20.4. The first kappa shape index (κ1) is 14.4. The minimum atomic E-state index is 0.444. The molecule has 4 heterocycles. The van der Waals surface area contributed by atoms with Gasteiger partial charge in [-0.3, -0.25) is 5.10 Å². The van der Waals surface area contributed by atoms with Crippen molar-refractivity contribution in [3.63, 3.8) is 0 Å². The van der Waals surface area contributed by atoms with Crippen molar-refractivity contribution in [3.05, 3.63) is 22.8 Å². The van der Waals surface area contributed by atoms with Gasteiger partial charge in [-0.15, -0.1) is 11.3 Å². The van der Waals surface area contributed by atoms with Crippen molar-refractivity contribution in [2.45, 2.75) is 38.1 Å². The first-order valence-electron chi connectivity index (χ1n) is 8.67. The van der Waals surface area contributed by atoms with Gasteiger partial charge in [0.15, 0.2) is 5.82 Å². The molecule has 0 saturated carbocycles. The molecule has 0 bridgehead atoms. The minimum absolute atomic E-state index is 0.444. The molecule has 1 fully saturated rings. The fraction of sp³-hybridized carbons (Fsp3) is 0.471. The number of aryl methyl sites for hydroxylation is 2. The van der Waals surface area contributed by atoms with Crippen LogP contribution in [0.25, 0.3) is 21.6 Å². The minimum Gasteiger partial charge on any atom is -0.365 e. The molecule has 1 saturated heterocycles. The molecule has 6 nitrogen and oxygen atoms in total. The van der Waals surface area contributed by atoms with E-state index in [-0.39, 0.29) is 0 Å². The predicted molar refractivity (Wildman–Crippen MR) is 96.5 cm³/mol. The average Bonchev–Trinajstić information content (AvgIpc) is 3.34. The highest BCUT2D eigenvalue weighted by atomic mass is 32.1. The highest BCUT2D eigenvalue weighted by Gasteiger charge is 2.23. The molecule has 2 aliphatic rings. The molecule has 3 aromatic rings. The van der Waals surface area contributed by atoms with Crippen LogP contribution in [-0.2, 0) is 12.8 Å². The van der Waals surface area contributed by atoms with E-state index in [4.69, 9.17) is 9.97 Å². The third-order valence-corrected chi connectivity index (χ3v) is 6.16. The molecule has 0 aromatic carbocycles. The van der Waals surface area contributed by atoms with Crippen molar-refractivity contribution in [2.75, 3.05) is 18.4 Å². The van der Waals surface area contributed by atoms with Gasteiger partial charge >= 0.3 is 0 Å². The van der Waals surface area contributed by atoms with Gasteiger partial charge in [0.05, 0.1) is 17.1 Å². The summed E-state index contributed by atoms with van der Waals surface area (Å²) in [5.74, 6) is 1.76. The zero-order chi connectivity index (χ0) is 15.9. The summed E-state index contributed by atoms with van der Waals surface area (Å²) < 4.78 is 0. The van der Waals surface area contributed by atoms with Crippen LogP contribution in [0.1, 0.15) is 29.7 Å². The quantitative estimate of drug-likeness (QED) is 0.683. The van der Waals surface area contributed by atoms with Crippen LogP contribution in [0.3, 0.4) is 0 Å². The maximum Gasteiger partial charge on any atom is 0.166 e. The van der Waals surface area contributed by atoms with E-state index in [0.717, 1.165) is 48.0 Å². The number of nitrogens with zero attached hydrogens (tertiary/aromatic N) is 3. The summed E-state index contributed by atoms with van der Waals surface area (Å²) in [6.07, 6.45) is 9.68. The SMILES string of the molecule is c1n[nH]cc1-c1nc(NC2CCNC2)c2c3c(sc2n1)CCCC3. The number of aromatic nitrogens is 4. The number of nitrogens with one attached hydrogen (secondary N) is 3. The number of thiophene rings is 1. The van der Waals surface area contributed by atoms with Gasteiger partial charge in [0.25, 0.3) is 0 Å². The molecule has 24 heavy (non-hydrogen) atoms. The lowest BCUT2D eigenvalue weighted by molar-refractivity contribution is 0.700. The molecule has 0 radical (unpaired) electrons. The highest BCUT2D eigenvalue weighted by Crippen LogP contribution is 2.39. The third kappa shape index (κ3) is 2.39. The van der Waals surface area contributed by atoms with Crippen LogP contribution in [0.4, 0.5) is 5.82 Å². The monoisotopic (exact) mass is 340 g/mol. The Morgan fingerprint density at radius 3 is 3.00 bits per heavy atom. The van der Waals surface area contributed by atoms with Gasteiger partial charge in [-0.2, -0.15) is 5.10 Å².